The molecule has 2 rings (SSSR count). The maximum absolute atomic E-state index is 5.20. The first-order valence-corrected chi connectivity index (χ1v) is 7.45. The van der Waals surface area contributed by atoms with Gasteiger partial charge in [-0.3, -0.25) is 0 Å². The Morgan fingerprint density at radius 3 is 2.53 bits per heavy atom. The Morgan fingerprint density at radius 2 is 2.00 bits per heavy atom. The summed E-state index contributed by atoms with van der Waals surface area (Å²) >= 11 is 6.87. The van der Waals surface area contributed by atoms with E-state index in [0.29, 0.717) is 11.3 Å². The number of thiazole rings is 1. The molecule has 1 aliphatic carbocycles. The van der Waals surface area contributed by atoms with Crippen LogP contribution in [-0.4, -0.2) is 4.98 Å². The van der Waals surface area contributed by atoms with Gasteiger partial charge in [-0.2, -0.15) is 0 Å². The van der Waals surface area contributed by atoms with E-state index >= 15 is 0 Å². The Labute approximate surface area is 158 Å². The first-order valence-electron chi connectivity index (χ1n) is 6.16. The summed E-state index contributed by atoms with van der Waals surface area (Å²) in [5, 5.41) is 2.23. The molecule has 1 aromatic heterocycles. The molecule has 92 valence electrons. The summed E-state index contributed by atoms with van der Waals surface area (Å²) in [5.74, 6) is 1.49. The molecule has 1 aromatic rings. The van der Waals surface area contributed by atoms with Crippen LogP contribution in [0.4, 0.5) is 0 Å². The number of aromatic nitrogens is 1. The van der Waals surface area contributed by atoms with Gasteiger partial charge in [-0.15, -0.1) is 11.3 Å². The topological polar surface area (TPSA) is 15.8 Å². The third kappa shape index (κ3) is 4.23. The van der Waals surface area contributed by atoms with E-state index in [-0.39, 0.29) is 52.8 Å². The molecular formula is C13H22KNS2. The Morgan fingerprint density at radius 1 is 1.35 bits per heavy atom. The molecule has 0 aliphatic heterocycles. The van der Waals surface area contributed by atoms with Gasteiger partial charge in [0.25, 0.3) is 0 Å². The van der Waals surface area contributed by atoms with Crippen molar-refractivity contribution in [1.82, 2.24) is 4.98 Å². The average molecular weight is 296 g/mol. The molecule has 0 saturated heterocycles. The van der Waals surface area contributed by atoms with E-state index in [2.05, 4.69) is 31.1 Å². The van der Waals surface area contributed by atoms with Gasteiger partial charge < -0.3 is 6.41 Å². The first kappa shape index (κ1) is 16.5. The van der Waals surface area contributed by atoms with Crippen molar-refractivity contribution in [2.24, 2.45) is 11.3 Å². The molecule has 0 radical (unpaired) electrons. The van der Waals surface area contributed by atoms with E-state index in [1.165, 1.54) is 31.4 Å². The van der Waals surface area contributed by atoms with Crippen LogP contribution in [0.1, 0.15) is 59.5 Å². The van der Waals surface area contributed by atoms with Crippen LogP contribution in [0.15, 0.2) is 5.38 Å². The zero-order valence-electron chi connectivity index (χ0n) is 12.4. The summed E-state index contributed by atoms with van der Waals surface area (Å²) in [7, 11) is 0. The van der Waals surface area contributed by atoms with Crippen molar-refractivity contribution in [2.75, 3.05) is 0 Å². The second kappa shape index (κ2) is 6.77. The quantitative estimate of drug-likeness (QED) is 0.621. The second-order valence-electron chi connectivity index (χ2n) is 5.97. The molecule has 2 atom stereocenters. The smallest absolute Gasteiger partial charge is 1.00 e. The Hall–Kier alpha value is 1.49. The van der Waals surface area contributed by atoms with Crippen molar-refractivity contribution in [3.63, 3.8) is 0 Å². The minimum Gasteiger partial charge on any atom is -1.00 e. The standard InChI is InChI=1S/C13H21NS2.K.H/c1-13(2,3)10-7-5-4-6-9(10)11-8-16-12(15)14-11;;/h8-10H,4-7H2,1-3H3,(H,14,15);;/q;+1;-1. The number of H-pyrrole nitrogens is 1. The summed E-state index contributed by atoms with van der Waals surface area (Å²) in [6, 6.07) is 0. The fourth-order valence-electron chi connectivity index (χ4n) is 3.01. The van der Waals surface area contributed by atoms with Crippen molar-refractivity contribution in [3.05, 3.63) is 15.0 Å². The first-order chi connectivity index (χ1) is 7.48. The largest absolute Gasteiger partial charge is 1.00 e. The fraction of sp³-hybridized carbons (Fsp3) is 0.769. The monoisotopic (exact) mass is 295 g/mol. The van der Waals surface area contributed by atoms with Crippen LogP contribution in [-0.2, 0) is 0 Å². The zero-order chi connectivity index (χ0) is 11.8. The minimum absolute atomic E-state index is 0. The Kier molecular flexibility index (Phi) is 6.59. The van der Waals surface area contributed by atoms with Gasteiger partial charge in [0.05, 0.1) is 0 Å². The third-order valence-corrected chi connectivity index (χ3v) is 4.90. The summed E-state index contributed by atoms with van der Waals surface area (Å²) < 4.78 is 0.924. The molecule has 1 N–H and O–H groups in total. The van der Waals surface area contributed by atoms with Gasteiger partial charge in [0, 0.05) is 17.0 Å². The van der Waals surface area contributed by atoms with Crippen LogP contribution < -0.4 is 51.4 Å². The molecule has 1 fully saturated rings. The average Bonchev–Trinajstić information content (AvgIpc) is 2.64. The van der Waals surface area contributed by atoms with Crippen molar-refractivity contribution in [1.29, 1.82) is 0 Å². The number of hydrogen-bond acceptors (Lipinski definition) is 2. The van der Waals surface area contributed by atoms with Crippen molar-refractivity contribution >= 4 is 23.6 Å². The van der Waals surface area contributed by atoms with Crippen LogP contribution in [0, 0.1) is 15.3 Å². The molecule has 2 unspecified atom stereocenters. The van der Waals surface area contributed by atoms with Crippen LogP contribution in [0.3, 0.4) is 0 Å². The zero-order valence-corrected chi connectivity index (χ0v) is 16.1. The summed E-state index contributed by atoms with van der Waals surface area (Å²) in [4.78, 5) is 3.38. The molecule has 0 amide bonds. The minimum atomic E-state index is 0. The Bertz CT molecular complexity index is 408. The molecule has 0 bridgehead atoms. The number of aromatic amines is 1. The SMILES string of the molecule is CC(C)(C)C1CCCCC1c1csc(=S)[nH]1.[H-].[K+]. The second-order valence-corrected chi connectivity index (χ2v) is 7.51. The van der Waals surface area contributed by atoms with Crippen LogP contribution in [0.25, 0.3) is 0 Å². The molecule has 1 heterocycles. The van der Waals surface area contributed by atoms with Gasteiger partial charge in [-0.25, -0.2) is 0 Å². The molecule has 0 spiro atoms. The molecule has 1 nitrogen and oxygen atoms in total. The van der Waals surface area contributed by atoms with Crippen LogP contribution in [0.5, 0.6) is 0 Å². The number of nitrogens with one attached hydrogen (secondary N) is 1. The summed E-state index contributed by atoms with van der Waals surface area (Å²) in [6.45, 7) is 7.12. The van der Waals surface area contributed by atoms with Gasteiger partial charge >= 0.3 is 51.4 Å². The van der Waals surface area contributed by atoms with E-state index < -0.39 is 0 Å². The Balaban J connectivity index is 0.00000144. The van der Waals surface area contributed by atoms with Gasteiger partial charge in [0.1, 0.15) is 0 Å². The van der Waals surface area contributed by atoms with Crippen LogP contribution >= 0.6 is 23.6 Å². The summed E-state index contributed by atoms with van der Waals surface area (Å²) in [6.07, 6.45) is 5.45. The van der Waals surface area contributed by atoms with Gasteiger partial charge in [-0.1, -0.05) is 33.6 Å². The van der Waals surface area contributed by atoms with E-state index in [4.69, 9.17) is 12.2 Å². The fourth-order valence-corrected chi connectivity index (χ4v) is 3.92. The van der Waals surface area contributed by atoms with E-state index in [9.17, 15) is 0 Å². The summed E-state index contributed by atoms with van der Waals surface area (Å²) in [5.41, 5.74) is 1.79. The predicted molar refractivity (Wildman–Crippen MR) is 74.8 cm³/mol. The van der Waals surface area contributed by atoms with E-state index in [1.807, 2.05) is 0 Å². The maximum atomic E-state index is 5.20. The molecule has 4 heteroatoms. The maximum Gasteiger partial charge on any atom is 1.00 e. The predicted octanol–water partition coefficient (Wildman–Crippen LogP) is 2.24. The third-order valence-electron chi connectivity index (χ3n) is 3.82. The van der Waals surface area contributed by atoms with Crippen molar-refractivity contribution in [2.45, 2.75) is 52.4 Å². The van der Waals surface area contributed by atoms with Gasteiger partial charge in [-0.05, 0) is 36.4 Å². The molecule has 17 heavy (non-hydrogen) atoms. The van der Waals surface area contributed by atoms with E-state index in [0.717, 1.165) is 9.87 Å². The van der Waals surface area contributed by atoms with Gasteiger partial charge in [0.15, 0.2) is 3.95 Å². The normalized spacial score (nSPS) is 25.4. The number of hydrogen-bond donors (Lipinski definition) is 1. The van der Waals surface area contributed by atoms with Crippen molar-refractivity contribution < 1.29 is 52.8 Å². The molecule has 1 saturated carbocycles. The van der Waals surface area contributed by atoms with Crippen molar-refractivity contribution in [3.8, 4) is 0 Å². The molecule has 0 aromatic carbocycles. The molecule has 1 aliphatic rings. The number of rotatable bonds is 1. The molecular weight excluding hydrogens is 273 g/mol. The van der Waals surface area contributed by atoms with Gasteiger partial charge in [0.2, 0.25) is 0 Å². The van der Waals surface area contributed by atoms with E-state index in [1.54, 1.807) is 11.3 Å². The van der Waals surface area contributed by atoms with Crippen LogP contribution in [0.2, 0.25) is 0 Å².